The van der Waals surface area contributed by atoms with E-state index in [-0.39, 0.29) is 0 Å². The number of tetrazole rings is 1. The average Bonchev–Trinajstić information content (AvgIpc) is 2.37. The second-order valence-corrected chi connectivity index (χ2v) is 2.70. The van der Waals surface area contributed by atoms with Crippen molar-refractivity contribution in [1.29, 1.82) is 0 Å². The minimum atomic E-state index is 0.875. The van der Waals surface area contributed by atoms with E-state index in [2.05, 4.69) is 26.4 Å². The molecule has 4 nitrogen and oxygen atoms in total. The van der Waals surface area contributed by atoms with Crippen LogP contribution in [0.25, 0.3) is 0 Å². The fourth-order valence-electron chi connectivity index (χ4n) is 0.637. The van der Waals surface area contributed by atoms with E-state index in [0.717, 1.165) is 18.4 Å². The Hall–Kier alpha value is -0.450. The number of hydrogen-bond donors (Lipinski definition) is 0. The van der Waals surface area contributed by atoms with Gasteiger partial charge >= 0.3 is 0 Å². The van der Waals surface area contributed by atoms with Gasteiger partial charge in [-0.1, -0.05) is 20.6 Å². The van der Waals surface area contributed by atoms with Crippen molar-refractivity contribution >= 4 is 15.9 Å². The number of nitrogens with zero attached hydrogens (tertiary/aromatic N) is 4. The zero-order chi connectivity index (χ0) is 7.40. The van der Waals surface area contributed by atoms with Gasteiger partial charge in [0.15, 0.2) is 5.21 Å². The smallest absolute Gasteiger partial charge is 0.139 e. The first-order valence-corrected chi connectivity index (χ1v) is 4.34. The van der Waals surface area contributed by atoms with Gasteiger partial charge in [0.2, 0.25) is 6.33 Å². The van der Waals surface area contributed by atoms with Gasteiger partial charge in [-0.3, -0.25) is 0 Å². The summed E-state index contributed by atoms with van der Waals surface area (Å²) in [6.07, 6.45) is 1.89. The molecule has 0 aromatic carbocycles. The van der Waals surface area contributed by atoms with Crippen LogP contribution in [0, 0.1) is 0 Å². The number of rotatable bonds is 3. The summed E-state index contributed by atoms with van der Waals surface area (Å²) in [7, 11) is 0. The predicted molar refractivity (Wildman–Crippen MR) is 39.7 cm³/mol. The first-order valence-electron chi connectivity index (χ1n) is 3.22. The summed E-state index contributed by atoms with van der Waals surface area (Å²) >= 11 is 3.32. The first-order chi connectivity index (χ1) is 4.86. The Morgan fingerprint density at radius 2 is 2.50 bits per heavy atom. The normalized spacial score (nSPS) is 10.2. The van der Waals surface area contributed by atoms with E-state index in [9.17, 15) is 0 Å². The molecule has 0 fully saturated rings. The van der Waals surface area contributed by atoms with Gasteiger partial charge in [-0.2, -0.15) is 0 Å². The number of alkyl halides is 1. The molecular weight excluding hydrogens is 196 g/mol. The monoisotopic (exact) mass is 205 g/mol. The van der Waals surface area contributed by atoms with E-state index in [1.54, 1.807) is 9.36 Å². The van der Waals surface area contributed by atoms with Gasteiger partial charge in [0.05, 0.1) is 0 Å². The molecule has 0 amide bonds. The molecule has 1 aromatic heterocycles. The van der Waals surface area contributed by atoms with Crippen molar-refractivity contribution in [3.8, 4) is 0 Å². The summed E-state index contributed by atoms with van der Waals surface area (Å²) in [5.41, 5.74) is 0. The van der Waals surface area contributed by atoms with Gasteiger partial charge in [-0.05, 0) is 6.92 Å². The molecule has 5 heteroatoms. The van der Waals surface area contributed by atoms with Gasteiger partial charge < -0.3 is 0 Å². The fraction of sp³-hybridized carbons (Fsp3) is 0.800. The molecule has 0 aliphatic heterocycles. The Bertz CT molecular complexity index is 197. The predicted octanol–water partition coefficient (Wildman–Crippen LogP) is -0.0196. The molecule has 0 aliphatic carbocycles. The van der Waals surface area contributed by atoms with Crippen LogP contribution in [0.3, 0.4) is 0 Å². The molecule has 0 aliphatic rings. The zero-order valence-corrected chi connectivity index (χ0v) is 7.45. The molecule has 0 radical (unpaired) electrons. The molecule has 0 N–H and O–H groups in total. The van der Waals surface area contributed by atoms with Gasteiger partial charge in [0.1, 0.15) is 18.3 Å². The van der Waals surface area contributed by atoms with Crippen LogP contribution in [-0.2, 0) is 13.1 Å². The molecule has 10 heavy (non-hydrogen) atoms. The van der Waals surface area contributed by atoms with Gasteiger partial charge in [0.25, 0.3) is 0 Å². The van der Waals surface area contributed by atoms with Crippen molar-refractivity contribution in [2.75, 3.05) is 5.33 Å². The third kappa shape index (κ3) is 1.76. The van der Waals surface area contributed by atoms with Crippen LogP contribution in [0.15, 0.2) is 6.33 Å². The Balaban J connectivity index is 2.59. The van der Waals surface area contributed by atoms with Crippen LogP contribution in [0.2, 0.25) is 0 Å². The summed E-state index contributed by atoms with van der Waals surface area (Å²) < 4.78 is 3.60. The van der Waals surface area contributed by atoms with Crippen molar-refractivity contribution in [1.82, 2.24) is 15.1 Å². The maximum absolute atomic E-state index is 3.88. The van der Waals surface area contributed by atoms with Crippen LogP contribution in [0.1, 0.15) is 6.92 Å². The number of halogens is 1. The van der Waals surface area contributed by atoms with E-state index >= 15 is 0 Å². The topological polar surface area (TPSA) is 34.6 Å². The van der Waals surface area contributed by atoms with Crippen LogP contribution < -0.4 is 4.68 Å². The highest BCUT2D eigenvalue weighted by atomic mass is 79.9. The van der Waals surface area contributed by atoms with Crippen molar-refractivity contribution in [3.05, 3.63) is 6.33 Å². The fourth-order valence-corrected chi connectivity index (χ4v) is 1.00. The number of aromatic nitrogens is 4. The van der Waals surface area contributed by atoms with E-state index in [4.69, 9.17) is 0 Å². The van der Waals surface area contributed by atoms with Crippen LogP contribution >= 0.6 is 15.9 Å². The first kappa shape index (κ1) is 7.65. The summed E-state index contributed by atoms with van der Waals surface area (Å²) in [5, 5.41) is 8.66. The highest BCUT2D eigenvalue weighted by Gasteiger charge is 2.02. The van der Waals surface area contributed by atoms with Crippen LogP contribution in [0.5, 0.6) is 0 Å². The quantitative estimate of drug-likeness (QED) is 0.514. The largest absolute Gasteiger partial charge is 0.244 e. The van der Waals surface area contributed by atoms with E-state index in [1.165, 1.54) is 0 Å². The Kier molecular flexibility index (Phi) is 2.80. The van der Waals surface area contributed by atoms with E-state index in [0.29, 0.717) is 0 Å². The van der Waals surface area contributed by atoms with Gasteiger partial charge in [-0.25, -0.2) is 0 Å². The second-order valence-electron chi connectivity index (χ2n) is 1.90. The molecule has 1 aromatic rings. The second kappa shape index (κ2) is 3.65. The molecule has 1 rings (SSSR count). The minimum absolute atomic E-state index is 0.875. The maximum Gasteiger partial charge on any atom is 0.244 e. The van der Waals surface area contributed by atoms with E-state index in [1.807, 2.05) is 13.3 Å². The summed E-state index contributed by atoms with van der Waals surface area (Å²) in [4.78, 5) is 0. The Morgan fingerprint density at radius 1 is 1.70 bits per heavy atom. The van der Waals surface area contributed by atoms with Gasteiger partial charge in [0, 0.05) is 5.33 Å². The lowest BCUT2D eigenvalue weighted by Crippen LogP contribution is -2.36. The molecule has 0 unspecified atom stereocenters. The molecule has 0 saturated heterocycles. The lowest BCUT2D eigenvalue weighted by atomic mass is 10.7. The average molecular weight is 206 g/mol. The van der Waals surface area contributed by atoms with Crippen LogP contribution in [-0.4, -0.2) is 20.4 Å². The SMILES string of the molecule is CCn1c[n+](CCBr)nn1. The lowest BCUT2D eigenvalue weighted by molar-refractivity contribution is -0.750. The molecule has 0 spiro atoms. The molecule has 56 valence electrons. The number of aryl methyl sites for hydroxylation is 2. The third-order valence-electron chi connectivity index (χ3n) is 1.17. The van der Waals surface area contributed by atoms with Crippen molar-refractivity contribution < 1.29 is 4.68 Å². The molecular formula is C5H10BrN4+. The van der Waals surface area contributed by atoms with Gasteiger partial charge in [-0.15, -0.1) is 4.68 Å². The van der Waals surface area contributed by atoms with E-state index < -0.39 is 0 Å². The Labute approximate surface area is 68.0 Å². The minimum Gasteiger partial charge on any atom is -0.139 e. The zero-order valence-electron chi connectivity index (χ0n) is 5.87. The molecule has 0 atom stereocenters. The van der Waals surface area contributed by atoms with Crippen LogP contribution in [0.4, 0.5) is 0 Å². The Morgan fingerprint density at radius 3 is 3.00 bits per heavy atom. The number of hydrogen-bond acceptors (Lipinski definition) is 2. The van der Waals surface area contributed by atoms with Crippen molar-refractivity contribution in [3.63, 3.8) is 0 Å². The summed E-state index contributed by atoms with van der Waals surface area (Å²) in [6.45, 7) is 3.79. The highest BCUT2D eigenvalue weighted by molar-refractivity contribution is 9.09. The van der Waals surface area contributed by atoms with Crippen molar-refractivity contribution in [2.45, 2.75) is 20.0 Å². The summed E-state index contributed by atoms with van der Waals surface area (Å²) in [6, 6.07) is 0. The lowest BCUT2D eigenvalue weighted by Gasteiger charge is -1.83. The summed E-state index contributed by atoms with van der Waals surface area (Å²) in [5.74, 6) is 0. The maximum atomic E-state index is 3.88. The van der Waals surface area contributed by atoms with Crippen molar-refractivity contribution in [2.24, 2.45) is 0 Å². The standard InChI is InChI=1S/C5H10BrN4/c1-2-9-5-10(4-3-6)8-7-9/h5H,2-4H2,1H3/q+1. The highest BCUT2D eigenvalue weighted by Crippen LogP contribution is 1.78. The third-order valence-corrected chi connectivity index (χ3v) is 1.53. The molecule has 0 bridgehead atoms. The molecule has 0 saturated carbocycles. The molecule has 1 heterocycles.